The highest BCUT2D eigenvalue weighted by Gasteiger charge is 2.33. The van der Waals surface area contributed by atoms with Gasteiger partial charge in [-0.25, -0.2) is 0 Å². The van der Waals surface area contributed by atoms with Gasteiger partial charge < -0.3 is 15.0 Å². The minimum absolute atomic E-state index is 1.16. The van der Waals surface area contributed by atoms with Crippen LogP contribution in [0.5, 0.6) is 0 Å². The SMILES string of the molecule is O=C(O)CC(C(=O)O)S(=O)(=O)O.OO[SiH2]O. The van der Waals surface area contributed by atoms with Crippen LogP contribution in [-0.4, -0.2) is 60.4 Å². The summed E-state index contributed by atoms with van der Waals surface area (Å²) < 4.78 is 31.9. The second-order valence-electron chi connectivity index (χ2n) is 2.20. The van der Waals surface area contributed by atoms with Crippen LogP contribution in [0.4, 0.5) is 0 Å². The molecule has 0 aliphatic heterocycles. The monoisotopic (exact) mass is 278 g/mol. The number of hydrogen-bond acceptors (Lipinski definition) is 7. The molecule has 0 bridgehead atoms. The molecule has 1 unspecified atom stereocenters. The van der Waals surface area contributed by atoms with Gasteiger partial charge in [0.2, 0.25) is 0 Å². The fraction of sp³-hybridized carbons (Fsp3) is 0.500. The van der Waals surface area contributed by atoms with E-state index in [0.29, 0.717) is 0 Å². The Morgan fingerprint density at radius 1 is 1.31 bits per heavy atom. The molecule has 0 aliphatic carbocycles. The Balaban J connectivity index is 0. The number of aliphatic carboxylic acids is 2. The molecule has 96 valence electrons. The fourth-order valence-corrected chi connectivity index (χ4v) is 1.09. The minimum Gasteiger partial charge on any atom is -0.481 e. The molecule has 12 heteroatoms. The quantitative estimate of drug-likeness (QED) is 0.153. The zero-order valence-electron chi connectivity index (χ0n) is 7.68. The van der Waals surface area contributed by atoms with Crippen molar-refractivity contribution >= 4 is 32.1 Å². The normalized spacial score (nSPS) is 12.9. The third-order valence-electron chi connectivity index (χ3n) is 1.05. The molecule has 0 aromatic heterocycles. The van der Waals surface area contributed by atoms with Crippen molar-refractivity contribution in [2.45, 2.75) is 11.7 Å². The summed E-state index contributed by atoms with van der Waals surface area (Å²) in [5, 5.41) is 21.1. The van der Waals surface area contributed by atoms with Crippen molar-refractivity contribution < 1.29 is 47.4 Å². The Morgan fingerprint density at radius 2 is 1.69 bits per heavy atom. The molecule has 0 heterocycles. The van der Waals surface area contributed by atoms with E-state index in [4.69, 9.17) is 24.8 Å². The fourth-order valence-electron chi connectivity index (χ4n) is 0.479. The van der Waals surface area contributed by atoms with Crippen LogP contribution in [0.1, 0.15) is 6.42 Å². The number of carboxylic acid groups (broad SMARTS) is 2. The van der Waals surface area contributed by atoms with Gasteiger partial charge in [0.05, 0.1) is 6.42 Å². The molecule has 0 radical (unpaired) electrons. The summed E-state index contributed by atoms with van der Waals surface area (Å²) in [6.07, 6.45) is -1.16. The second kappa shape index (κ2) is 8.14. The van der Waals surface area contributed by atoms with Crippen molar-refractivity contribution in [2.24, 2.45) is 0 Å². The standard InChI is InChI=1S/C4H6O7S.H4O3Si/c5-3(6)1-2(4(7)8)12(9,10)11;1-3-4-2/h2H,1H2,(H,5,6)(H,7,8)(H,9,10,11);1-2H,4H2. The Kier molecular flexibility index (Phi) is 8.82. The van der Waals surface area contributed by atoms with E-state index >= 15 is 0 Å². The highest BCUT2D eigenvalue weighted by atomic mass is 32.2. The molecular weight excluding hydrogens is 268 g/mol. The summed E-state index contributed by atoms with van der Waals surface area (Å²) in [6.45, 7) is 0. The van der Waals surface area contributed by atoms with Crippen molar-refractivity contribution in [1.29, 1.82) is 0 Å². The van der Waals surface area contributed by atoms with Crippen molar-refractivity contribution in [3.8, 4) is 0 Å². The molecule has 0 aliphatic rings. The van der Waals surface area contributed by atoms with Gasteiger partial charge in [0.15, 0.2) is 5.25 Å². The third-order valence-corrected chi connectivity index (χ3v) is 2.26. The van der Waals surface area contributed by atoms with E-state index in [2.05, 4.69) is 4.58 Å². The Morgan fingerprint density at radius 3 is 1.75 bits per heavy atom. The average Bonchev–Trinajstić information content (AvgIpc) is 2.12. The summed E-state index contributed by atoms with van der Waals surface area (Å²) in [4.78, 5) is 27.5. The lowest BCUT2D eigenvalue weighted by Crippen LogP contribution is -2.31. The Labute approximate surface area is 91.8 Å². The van der Waals surface area contributed by atoms with Crippen LogP contribution < -0.4 is 0 Å². The molecule has 0 saturated carbocycles. The lowest BCUT2D eigenvalue weighted by molar-refractivity contribution is -0.148. The summed E-state index contributed by atoms with van der Waals surface area (Å²) in [5.41, 5.74) is 0. The van der Waals surface area contributed by atoms with Gasteiger partial charge >= 0.3 is 21.9 Å². The molecule has 0 rings (SSSR count). The van der Waals surface area contributed by atoms with Crippen LogP contribution in [0.3, 0.4) is 0 Å². The molecule has 0 saturated heterocycles. The topological polar surface area (TPSA) is 179 Å². The van der Waals surface area contributed by atoms with E-state index in [1.165, 1.54) is 0 Å². The summed E-state index contributed by atoms with van der Waals surface area (Å²) in [5.74, 6) is -3.50. The maximum atomic E-state index is 10.2. The average molecular weight is 278 g/mol. The first kappa shape index (κ1) is 17.3. The van der Waals surface area contributed by atoms with Crippen LogP contribution in [-0.2, 0) is 24.3 Å². The van der Waals surface area contributed by atoms with Crippen molar-refractivity contribution in [2.75, 3.05) is 0 Å². The van der Waals surface area contributed by atoms with Gasteiger partial charge in [0, 0.05) is 0 Å². The van der Waals surface area contributed by atoms with Crippen LogP contribution in [0, 0.1) is 0 Å². The van der Waals surface area contributed by atoms with Crippen LogP contribution in [0.15, 0.2) is 0 Å². The largest absolute Gasteiger partial charge is 0.481 e. The van der Waals surface area contributed by atoms with E-state index in [0.717, 1.165) is 0 Å². The third kappa shape index (κ3) is 9.50. The number of carboxylic acids is 2. The molecule has 0 amide bonds. The van der Waals surface area contributed by atoms with Gasteiger partial charge in [-0.2, -0.15) is 8.42 Å². The first-order valence-corrected chi connectivity index (χ1v) is 6.16. The van der Waals surface area contributed by atoms with Crippen LogP contribution in [0.25, 0.3) is 0 Å². The van der Waals surface area contributed by atoms with Gasteiger partial charge in [-0.1, -0.05) is 0 Å². The highest BCUT2D eigenvalue weighted by molar-refractivity contribution is 7.87. The first-order chi connectivity index (χ1) is 7.16. The van der Waals surface area contributed by atoms with Gasteiger partial charge in [-0.15, -0.1) is 0 Å². The number of rotatable bonds is 5. The molecule has 1 atom stereocenters. The zero-order chi connectivity index (χ0) is 13.4. The van der Waals surface area contributed by atoms with Crippen molar-refractivity contribution in [1.82, 2.24) is 0 Å². The Hall–Kier alpha value is -1.05. The van der Waals surface area contributed by atoms with E-state index in [1.807, 2.05) is 0 Å². The summed E-state index contributed by atoms with van der Waals surface area (Å²) in [6, 6.07) is 0. The van der Waals surface area contributed by atoms with Gasteiger partial charge in [-0.05, 0) is 0 Å². The predicted octanol–water partition coefficient (Wildman–Crippen LogP) is -2.73. The number of hydrogen-bond donors (Lipinski definition) is 5. The van der Waals surface area contributed by atoms with E-state index < -0.39 is 43.7 Å². The van der Waals surface area contributed by atoms with E-state index in [9.17, 15) is 18.0 Å². The molecule has 0 spiro atoms. The van der Waals surface area contributed by atoms with Gasteiger partial charge in [0.25, 0.3) is 10.1 Å². The van der Waals surface area contributed by atoms with E-state index in [1.54, 1.807) is 0 Å². The second-order valence-corrected chi connectivity index (χ2v) is 4.31. The molecule has 0 aromatic rings. The van der Waals surface area contributed by atoms with Gasteiger partial charge in [-0.3, -0.25) is 24.0 Å². The highest BCUT2D eigenvalue weighted by Crippen LogP contribution is 2.04. The number of carbonyl (C=O) groups is 2. The summed E-state index contributed by atoms with van der Waals surface area (Å²) >= 11 is 0. The van der Waals surface area contributed by atoms with Crippen LogP contribution in [0.2, 0.25) is 0 Å². The van der Waals surface area contributed by atoms with Crippen molar-refractivity contribution in [3.05, 3.63) is 0 Å². The maximum Gasteiger partial charge on any atom is 0.341 e. The maximum absolute atomic E-state index is 10.2. The molecule has 16 heavy (non-hydrogen) atoms. The van der Waals surface area contributed by atoms with E-state index in [-0.39, 0.29) is 0 Å². The lowest BCUT2D eigenvalue weighted by Gasteiger charge is -2.04. The Bertz CT molecular complexity index is 320. The molecule has 10 nitrogen and oxygen atoms in total. The zero-order valence-corrected chi connectivity index (χ0v) is 9.91. The molecule has 5 N–H and O–H groups in total. The van der Waals surface area contributed by atoms with Crippen LogP contribution >= 0.6 is 0 Å². The summed E-state index contributed by atoms with van der Waals surface area (Å²) in [7, 11) is -6.36. The molecular formula is C4H10O10SSi. The predicted molar refractivity (Wildman–Crippen MR) is 49.7 cm³/mol. The molecule has 0 fully saturated rings. The van der Waals surface area contributed by atoms with Gasteiger partial charge in [0.1, 0.15) is 0 Å². The smallest absolute Gasteiger partial charge is 0.341 e. The van der Waals surface area contributed by atoms with Crippen molar-refractivity contribution in [3.63, 3.8) is 0 Å². The minimum atomic E-state index is -4.84. The molecule has 0 aromatic carbocycles. The lowest BCUT2D eigenvalue weighted by atomic mass is 10.3. The first-order valence-electron chi connectivity index (χ1n) is 3.45.